The maximum Gasteiger partial charge on any atom is 0.0575 e. The van der Waals surface area contributed by atoms with Crippen LogP contribution in [0.3, 0.4) is 0 Å². The fourth-order valence-electron chi connectivity index (χ4n) is 2.27. The van der Waals surface area contributed by atoms with Gasteiger partial charge < -0.3 is 10.2 Å². The summed E-state index contributed by atoms with van der Waals surface area (Å²) in [7, 11) is 6.14. The highest BCUT2D eigenvalue weighted by Gasteiger charge is 2.12. The Morgan fingerprint density at radius 2 is 1.63 bits per heavy atom. The fraction of sp³-hybridized carbons (Fsp3) is 0.294. The van der Waals surface area contributed by atoms with E-state index in [1.54, 1.807) is 0 Å². The SMILES string of the molecule is CNC(c1ccc(C)cc1)c1cccc(N(C)C)c1. The van der Waals surface area contributed by atoms with E-state index in [-0.39, 0.29) is 6.04 Å². The Hall–Kier alpha value is -1.80. The minimum Gasteiger partial charge on any atom is -0.378 e. The van der Waals surface area contributed by atoms with Crippen LogP contribution in [0.4, 0.5) is 5.69 Å². The van der Waals surface area contributed by atoms with E-state index < -0.39 is 0 Å². The van der Waals surface area contributed by atoms with E-state index in [2.05, 4.69) is 79.8 Å². The van der Waals surface area contributed by atoms with Gasteiger partial charge in [0.2, 0.25) is 0 Å². The van der Waals surface area contributed by atoms with Crippen molar-refractivity contribution in [2.24, 2.45) is 0 Å². The third-order valence-corrected chi connectivity index (χ3v) is 3.42. The highest BCUT2D eigenvalue weighted by molar-refractivity contribution is 5.49. The van der Waals surface area contributed by atoms with Crippen molar-refractivity contribution in [3.8, 4) is 0 Å². The van der Waals surface area contributed by atoms with Crippen molar-refractivity contribution in [3.63, 3.8) is 0 Å². The van der Waals surface area contributed by atoms with Crippen LogP contribution >= 0.6 is 0 Å². The van der Waals surface area contributed by atoms with Gasteiger partial charge in [-0.05, 0) is 37.2 Å². The molecule has 19 heavy (non-hydrogen) atoms. The van der Waals surface area contributed by atoms with Crippen molar-refractivity contribution < 1.29 is 0 Å². The molecule has 0 saturated carbocycles. The standard InChI is InChI=1S/C17H22N2/c1-13-8-10-14(11-9-13)17(18-2)15-6-5-7-16(12-15)19(3)4/h5-12,17-18H,1-4H3. The Labute approximate surface area is 116 Å². The molecule has 100 valence electrons. The topological polar surface area (TPSA) is 15.3 Å². The first-order valence-corrected chi connectivity index (χ1v) is 6.63. The molecule has 0 amide bonds. The second-order valence-electron chi connectivity index (χ2n) is 5.12. The molecule has 1 N–H and O–H groups in total. The molecule has 1 atom stereocenters. The Balaban J connectivity index is 2.36. The summed E-state index contributed by atoms with van der Waals surface area (Å²) < 4.78 is 0. The van der Waals surface area contributed by atoms with Crippen molar-refractivity contribution in [3.05, 3.63) is 65.2 Å². The largest absolute Gasteiger partial charge is 0.378 e. The number of nitrogens with zero attached hydrogens (tertiary/aromatic N) is 1. The molecule has 2 heteroatoms. The Morgan fingerprint density at radius 3 is 2.21 bits per heavy atom. The van der Waals surface area contributed by atoms with E-state index in [1.807, 2.05) is 7.05 Å². The zero-order chi connectivity index (χ0) is 13.8. The molecule has 0 aliphatic rings. The fourth-order valence-corrected chi connectivity index (χ4v) is 2.27. The molecule has 0 heterocycles. The average molecular weight is 254 g/mol. The number of aryl methyl sites for hydroxylation is 1. The molecule has 0 fully saturated rings. The quantitative estimate of drug-likeness (QED) is 0.900. The molecule has 0 spiro atoms. The summed E-state index contributed by atoms with van der Waals surface area (Å²) in [4.78, 5) is 2.13. The van der Waals surface area contributed by atoms with Gasteiger partial charge in [-0.1, -0.05) is 42.0 Å². The summed E-state index contributed by atoms with van der Waals surface area (Å²) in [5, 5.41) is 3.40. The minimum absolute atomic E-state index is 0.237. The number of hydrogen-bond donors (Lipinski definition) is 1. The molecule has 0 aromatic heterocycles. The van der Waals surface area contributed by atoms with E-state index in [1.165, 1.54) is 22.4 Å². The van der Waals surface area contributed by atoms with Gasteiger partial charge in [-0.2, -0.15) is 0 Å². The lowest BCUT2D eigenvalue weighted by atomic mass is 9.97. The number of hydrogen-bond acceptors (Lipinski definition) is 2. The van der Waals surface area contributed by atoms with Crippen molar-refractivity contribution in [1.82, 2.24) is 5.32 Å². The molecule has 0 radical (unpaired) electrons. The maximum absolute atomic E-state index is 3.40. The number of nitrogens with one attached hydrogen (secondary N) is 1. The Bertz CT molecular complexity index is 529. The lowest BCUT2D eigenvalue weighted by Gasteiger charge is -2.20. The van der Waals surface area contributed by atoms with Gasteiger partial charge in [-0.3, -0.25) is 0 Å². The van der Waals surface area contributed by atoms with Crippen molar-refractivity contribution in [1.29, 1.82) is 0 Å². The summed E-state index contributed by atoms with van der Waals surface area (Å²) in [6.07, 6.45) is 0. The summed E-state index contributed by atoms with van der Waals surface area (Å²) in [5.41, 5.74) is 5.10. The molecular weight excluding hydrogens is 232 g/mol. The summed E-state index contributed by atoms with van der Waals surface area (Å²) in [5.74, 6) is 0. The normalized spacial score (nSPS) is 12.2. The van der Waals surface area contributed by atoms with Crippen LogP contribution < -0.4 is 10.2 Å². The zero-order valence-corrected chi connectivity index (χ0v) is 12.1. The van der Waals surface area contributed by atoms with E-state index in [4.69, 9.17) is 0 Å². The smallest absolute Gasteiger partial charge is 0.0575 e. The van der Waals surface area contributed by atoms with Gasteiger partial charge >= 0.3 is 0 Å². The molecule has 0 aliphatic heterocycles. The summed E-state index contributed by atoms with van der Waals surface area (Å²) in [6, 6.07) is 17.6. The predicted octanol–water partition coefficient (Wildman–Crippen LogP) is 3.37. The van der Waals surface area contributed by atoms with E-state index in [0.29, 0.717) is 0 Å². The minimum atomic E-state index is 0.237. The van der Waals surface area contributed by atoms with Crippen LogP contribution in [0.15, 0.2) is 48.5 Å². The monoisotopic (exact) mass is 254 g/mol. The van der Waals surface area contributed by atoms with Crippen LogP contribution in [0.1, 0.15) is 22.7 Å². The Kier molecular flexibility index (Phi) is 4.23. The first-order chi connectivity index (χ1) is 9.11. The molecule has 2 aromatic rings. The molecule has 0 saturated heterocycles. The first-order valence-electron chi connectivity index (χ1n) is 6.63. The number of benzene rings is 2. The van der Waals surface area contributed by atoms with Gasteiger partial charge in [-0.15, -0.1) is 0 Å². The highest BCUT2D eigenvalue weighted by Crippen LogP contribution is 2.25. The van der Waals surface area contributed by atoms with Crippen molar-refractivity contribution in [2.75, 3.05) is 26.0 Å². The third kappa shape index (κ3) is 3.15. The number of rotatable bonds is 4. The van der Waals surface area contributed by atoms with Crippen LogP contribution in [-0.4, -0.2) is 21.1 Å². The predicted molar refractivity (Wildman–Crippen MR) is 82.9 cm³/mol. The van der Waals surface area contributed by atoms with Crippen LogP contribution in [0.25, 0.3) is 0 Å². The van der Waals surface area contributed by atoms with Crippen LogP contribution in [0.5, 0.6) is 0 Å². The first kappa shape index (κ1) is 13.6. The average Bonchev–Trinajstić information content (AvgIpc) is 2.42. The van der Waals surface area contributed by atoms with Crippen molar-refractivity contribution >= 4 is 5.69 Å². The Morgan fingerprint density at radius 1 is 0.947 bits per heavy atom. The molecular formula is C17H22N2. The second-order valence-corrected chi connectivity index (χ2v) is 5.12. The molecule has 2 aromatic carbocycles. The summed E-state index contributed by atoms with van der Waals surface area (Å²) in [6.45, 7) is 2.12. The molecule has 2 nitrogen and oxygen atoms in total. The third-order valence-electron chi connectivity index (χ3n) is 3.42. The molecule has 1 unspecified atom stereocenters. The maximum atomic E-state index is 3.40. The van der Waals surface area contributed by atoms with Crippen LogP contribution in [0.2, 0.25) is 0 Å². The van der Waals surface area contributed by atoms with Gasteiger partial charge in [0.15, 0.2) is 0 Å². The lowest BCUT2D eigenvalue weighted by molar-refractivity contribution is 0.691. The zero-order valence-electron chi connectivity index (χ0n) is 12.1. The van der Waals surface area contributed by atoms with Gasteiger partial charge in [0.05, 0.1) is 6.04 Å². The van der Waals surface area contributed by atoms with Gasteiger partial charge in [0, 0.05) is 19.8 Å². The second kappa shape index (κ2) is 5.89. The highest BCUT2D eigenvalue weighted by atomic mass is 15.1. The molecule has 2 rings (SSSR count). The van der Waals surface area contributed by atoms with Crippen LogP contribution in [-0.2, 0) is 0 Å². The number of anilines is 1. The van der Waals surface area contributed by atoms with E-state index in [9.17, 15) is 0 Å². The van der Waals surface area contributed by atoms with E-state index >= 15 is 0 Å². The van der Waals surface area contributed by atoms with Gasteiger partial charge in [0.1, 0.15) is 0 Å². The van der Waals surface area contributed by atoms with Crippen LogP contribution in [0, 0.1) is 6.92 Å². The molecule has 0 bridgehead atoms. The van der Waals surface area contributed by atoms with Gasteiger partial charge in [0.25, 0.3) is 0 Å². The summed E-state index contributed by atoms with van der Waals surface area (Å²) >= 11 is 0. The molecule has 0 aliphatic carbocycles. The lowest BCUT2D eigenvalue weighted by Crippen LogP contribution is -2.18. The van der Waals surface area contributed by atoms with Crippen molar-refractivity contribution in [2.45, 2.75) is 13.0 Å². The van der Waals surface area contributed by atoms with Gasteiger partial charge in [-0.25, -0.2) is 0 Å². The van der Waals surface area contributed by atoms with E-state index in [0.717, 1.165) is 0 Å².